The number of rotatable bonds is 4. The molecule has 2 aromatic heterocycles. The van der Waals surface area contributed by atoms with E-state index in [2.05, 4.69) is 14.8 Å². The summed E-state index contributed by atoms with van der Waals surface area (Å²) in [6.45, 7) is 5.51. The first-order chi connectivity index (χ1) is 13.6. The maximum absolute atomic E-state index is 12.9. The number of methoxy groups -OCH3 is 1. The Balaban J connectivity index is 1.76. The highest BCUT2D eigenvalue weighted by atomic mass is 16.5. The van der Waals surface area contributed by atoms with E-state index in [1.54, 1.807) is 17.9 Å². The van der Waals surface area contributed by atoms with Crippen LogP contribution in [-0.2, 0) is 13.2 Å². The molecule has 0 fully saturated rings. The summed E-state index contributed by atoms with van der Waals surface area (Å²) in [4.78, 5) is 26.1. The molecule has 3 aromatic rings. The number of hydrogen-bond acceptors (Lipinski definition) is 6. The number of aromatic nitrogens is 3. The Labute approximate surface area is 163 Å². The third-order valence-electron chi connectivity index (χ3n) is 5.06. The van der Waals surface area contributed by atoms with Crippen molar-refractivity contribution >= 4 is 11.6 Å². The van der Waals surface area contributed by atoms with Crippen LogP contribution in [0.15, 0.2) is 53.6 Å². The Morgan fingerprint density at radius 2 is 1.89 bits per heavy atom. The summed E-state index contributed by atoms with van der Waals surface area (Å²) < 4.78 is 7.02. The van der Waals surface area contributed by atoms with Gasteiger partial charge in [-0.15, -0.1) is 0 Å². The van der Waals surface area contributed by atoms with Crippen LogP contribution >= 0.6 is 0 Å². The van der Waals surface area contributed by atoms with E-state index in [-0.39, 0.29) is 5.56 Å². The van der Waals surface area contributed by atoms with Gasteiger partial charge in [-0.2, -0.15) is 0 Å². The van der Waals surface area contributed by atoms with Crippen LogP contribution in [0.5, 0.6) is 5.75 Å². The maximum atomic E-state index is 12.9. The van der Waals surface area contributed by atoms with Crippen molar-refractivity contribution in [2.75, 3.05) is 18.7 Å². The molecule has 0 atom stereocenters. The van der Waals surface area contributed by atoms with Crippen LogP contribution in [0.25, 0.3) is 0 Å². The van der Waals surface area contributed by atoms with Crippen LogP contribution in [0.2, 0.25) is 0 Å². The number of anilines is 2. The highest BCUT2D eigenvalue weighted by molar-refractivity contribution is 5.59. The van der Waals surface area contributed by atoms with E-state index < -0.39 is 0 Å². The summed E-state index contributed by atoms with van der Waals surface area (Å²) in [5, 5.41) is 0. The molecule has 0 aliphatic carbocycles. The van der Waals surface area contributed by atoms with Crippen molar-refractivity contribution in [2.45, 2.75) is 27.1 Å². The quantitative estimate of drug-likeness (QED) is 0.697. The van der Waals surface area contributed by atoms with Gasteiger partial charge in [0.05, 0.1) is 20.4 Å². The molecular formula is C21H23N5O2. The second-order valence-electron chi connectivity index (χ2n) is 6.95. The largest absolute Gasteiger partial charge is 0.497 e. The van der Waals surface area contributed by atoms with Gasteiger partial charge in [0.2, 0.25) is 5.95 Å². The first-order valence-electron chi connectivity index (χ1n) is 9.17. The van der Waals surface area contributed by atoms with E-state index in [1.807, 2.05) is 56.4 Å². The minimum Gasteiger partial charge on any atom is -0.497 e. The Morgan fingerprint density at radius 3 is 2.57 bits per heavy atom. The topological polar surface area (TPSA) is 63.5 Å². The number of aryl methyl sites for hydroxylation is 1. The molecule has 0 unspecified atom stereocenters. The van der Waals surface area contributed by atoms with E-state index in [9.17, 15) is 4.79 Å². The number of fused-ring (bicyclic) bond motifs is 1. The highest BCUT2D eigenvalue weighted by Crippen LogP contribution is 2.29. The van der Waals surface area contributed by atoms with Crippen LogP contribution in [0, 0.1) is 13.8 Å². The highest BCUT2D eigenvalue weighted by Gasteiger charge is 2.27. The summed E-state index contributed by atoms with van der Waals surface area (Å²) in [5.74, 6) is 1.46. The zero-order chi connectivity index (χ0) is 19.7. The van der Waals surface area contributed by atoms with Crippen molar-refractivity contribution in [3.05, 3.63) is 76.0 Å². The molecule has 7 nitrogen and oxygen atoms in total. The molecule has 0 amide bonds. The molecule has 28 heavy (non-hydrogen) atoms. The lowest BCUT2D eigenvalue weighted by molar-refractivity contribution is 0.189. The van der Waals surface area contributed by atoms with Crippen molar-refractivity contribution in [2.24, 2.45) is 0 Å². The lowest BCUT2D eigenvalue weighted by Crippen LogP contribution is -2.47. The van der Waals surface area contributed by atoms with Crippen molar-refractivity contribution in [3.63, 3.8) is 0 Å². The van der Waals surface area contributed by atoms with Crippen molar-refractivity contribution in [3.8, 4) is 5.75 Å². The molecule has 1 aromatic carbocycles. The van der Waals surface area contributed by atoms with Gasteiger partial charge in [0.1, 0.15) is 5.75 Å². The predicted molar refractivity (Wildman–Crippen MR) is 108 cm³/mol. The van der Waals surface area contributed by atoms with Crippen molar-refractivity contribution in [1.29, 1.82) is 0 Å². The molecule has 0 radical (unpaired) electrons. The number of benzene rings is 1. The summed E-state index contributed by atoms with van der Waals surface area (Å²) in [7, 11) is 1.65. The number of pyridine rings is 1. The van der Waals surface area contributed by atoms with Gasteiger partial charge in [-0.05, 0) is 49.7 Å². The maximum Gasteiger partial charge on any atom is 0.259 e. The third kappa shape index (κ3) is 3.36. The zero-order valence-electron chi connectivity index (χ0n) is 16.3. The van der Waals surface area contributed by atoms with Gasteiger partial charge in [-0.3, -0.25) is 24.1 Å². The predicted octanol–water partition coefficient (Wildman–Crippen LogP) is 2.83. The molecule has 7 heteroatoms. The lowest BCUT2D eigenvalue weighted by Gasteiger charge is -2.38. The Bertz CT molecular complexity index is 1030. The average molecular weight is 377 g/mol. The molecule has 0 N–H and O–H groups in total. The zero-order valence-corrected chi connectivity index (χ0v) is 16.3. The lowest BCUT2D eigenvalue weighted by atomic mass is 10.2. The first-order valence-corrected chi connectivity index (χ1v) is 9.17. The molecule has 0 spiro atoms. The Morgan fingerprint density at radius 1 is 1.11 bits per heavy atom. The summed E-state index contributed by atoms with van der Waals surface area (Å²) >= 11 is 0. The minimum absolute atomic E-state index is 0.00287. The van der Waals surface area contributed by atoms with Gasteiger partial charge in [0, 0.05) is 35.9 Å². The van der Waals surface area contributed by atoms with Crippen molar-refractivity contribution in [1.82, 2.24) is 19.4 Å². The molecule has 144 valence electrons. The second kappa shape index (κ2) is 7.44. The minimum atomic E-state index is -0.00287. The molecule has 0 saturated heterocycles. The van der Waals surface area contributed by atoms with Crippen LogP contribution in [0.3, 0.4) is 0 Å². The Hall–Kier alpha value is -3.19. The van der Waals surface area contributed by atoms with E-state index in [1.165, 1.54) is 0 Å². The van der Waals surface area contributed by atoms with Crippen LogP contribution < -0.4 is 15.2 Å². The fraction of sp³-hybridized carbons (Fsp3) is 0.286. The van der Waals surface area contributed by atoms with Gasteiger partial charge in [0.15, 0.2) is 0 Å². The van der Waals surface area contributed by atoms with E-state index in [0.717, 1.165) is 22.7 Å². The molecular weight excluding hydrogens is 354 g/mol. The van der Waals surface area contributed by atoms with Gasteiger partial charge >= 0.3 is 0 Å². The summed E-state index contributed by atoms with van der Waals surface area (Å²) in [6, 6.07) is 11.8. The smallest absolute Gasteiger partial charge is 0.259 e. The molecule has 4 rings (SSSR count). The van der Waals surface area contributed by atoms with Gasteiger partial charge in [0.25, 0.3) is 5.56 Å². The summed E-state index contributed by atoms with van der Waals surface area (Å²) in [6.07, 6.45) is 3.62. The second-order valence-corrected chi connectivity index (χ2v) is 6.95. The fourth-order valence-electron chi connectivity index (χ4n) is 3.39. The van der Waals surface area contributed by atoms with Crippen LogP contribution in [-0.4, -0.2) is 33.2 Å². The van der Waals surface area contributed by atoms with Gasteiger partial charge in [-0.1, -0.05) is 6.07 Å². The SMILES string of the molecule is COc1ccc(N2CN(Cc3cccnc3)Cn3c2nc(C)c(C)c3=O)cc1. The monoisotopic (exact) mass is 377 g/mol. The van der Waals surface area contributed by atoms with Crippen LogP contribution in [0.4, 0.5) is 11.6 Å². The molecule has 0 saturated carbocycles. The molecule has 1 aliphatic heterocycles. The van der Waals surface area contributed by atoms with E-state index >= 15 is 0 Å². The first kappa shape index (κ1) is 18.2. The van der Waals surface area contributed by atoms with E-state index in [0.29, 0.717) is 31.4 Å². The molecule has 0 bridgehead atoms. The van der Waals surface area contributed by atoms with Crippen molar-refractivity contribution < 1.29 is 4.74 Å². The van der Waals surface area contributed by atoms with E-state index in [4.69, 9.17) is 9.72 Å². The fourth-order valence-corrected chi connectivity index (χ4v) is 3.39. The molecule has 1 aliphatic rings. The van der Waals surface area contributed by atoms with Crippen LogP contribution in [0.1, 0.15) is 16.8 Å². The van der Waals surface area contributed by atoms with Gasteiger partial charge < -0.3 is 4.74 Å². The number of nitrogens with zero attached hydrogens (tertiary/aromatic N) is 5. The average Bonchev–Trinajstić information content (AvgIpc) is 2.73. The number of ether oxygens (including phenoxy) is 1. The standard InChI is InChI=1S/C21H23N5O2/c1-15-16(2)23-21-25(18-6-8-19(28-3)9-7-18)13-24(14-26(21)20(15)27)12-17-5-4-10-22-11-17/h4-11H,12-14H2,1-3H3. The normalized spacial score (nSPS) is 14.0. The number of hydrogen-bond donors (Lipinski definition) is 0. The third-order valence-corrected chi connectivity index (χ3v) is 5.06. The summed E-state index contributed by atoms with van der Waals surface area (Å²) in [5.41, 5.74) is 3.50. The Kier molecular flexibility index (Phi) is 4.83. The van der Waals surface area contributed by atoms with Gasteiger partial charge in [-0.25, -0.2) is 4.98 Å². The molecule has 3 heterocycles.